The highest BCUT2D eigenvalue weighted by molar-refractivity contribution is 5.88. The van der Waals surface area contributed by atoms with Crippen LogP contribution < -0.4 is 10.6 Å². The summed E-state index contributed by atoms with van der Waals surface area (Å²) in [7, 11) is 0. The van der Waals surface area contributed by atoms with E-state index >= 15 is 0 Å². The molecule has 4 fully saturated rings. The highest BCUT2D eigenvalue weighted by atomic mass is 16.6. The van der Waals surface area contributed by atoms with Gasteiger partial charge in [-0.05, 0) is 117 Å². The molecule has 4 saturated carbocycles. The molecule has 0 spiro atoms. The van der Waals surface area contributed by atoms with Gasteiger partial charge in [-0.1, -0.05) is 33.8 Å². The van der Waals surface area contributed by atoms with Crippen molar-refractivity contribution >= 4 is 12.0 Å². The molecule has 0 saturated heterocycles. The molecular formula is C36H58N2O7. The molecule has 0 bridgehead atoms. The molecule has 12 atom stereocenters. The number of hydrogen-bond donors (Lipinski definition) is 5. The van der Waals surface area contributed by atoms with Crippen LogP contribution in [-0.2, 0) is 14.3 Å². The van der Waals surface area contributed by atoms with E-state index in [9.17, 15) is 24.9 Å². The Hall–Kier alpha value is -2.12. The van der Waals surface area contributed by atoms with E-state index in [2.05, 4.69) is 37.3 Å². The predicted octanol–water partition coefficient (Wildman–Crippen LogP) is 4.54. The number of alkyl carbamates (subject to hydrolysis) is 1. The van der Waals surface area contributed by atoms with Crippen LogP contribution in [0.4, 0.5) is 4.79 Å². The minimum absolute atomic E-state index is 0.0682. The van der Waals surface area contributed by atoms with Crippen molar-refractivity contribution in [3.05, 3.63) is 12.2 Å². The molecule has 45 heavy (non-hydrogen) atoms. The highest BCUT2D eigenvalue weighted by Gasteiger charge is 2.65. The van der Waals surface area contributed by atoms with Gasteiger partial charge < -0.3 is 35.4 Å². The number of nitrogens with one attached hydrogen (secondary N) is 2. The Morgan fingerprint density at radius 3 is 2.56 bits per heavy atom. The lowest BCUT2D eigenvalue weighted by atomic mass is 9.43. The topological polar surface area (TPSA) is 137 Å². The van der Waals surface area contributed by atoms with Crippen molar-refractivity contribution in [1.82, 2.24) is 10.6 Å². The minimum atomic E-state index is -0.742. The van der Waals surface area contributed by atoms with Crippen LogP contribution in [0.5, 0.6) is 0 Å². The Kier molecular flexibility index (Phi) is 12.4. The smallest absolute Gasteiger partial charge is 0.408 e. The van der Waals surface area contributed by atoms with Crippen LogP contribution in [-0.4, -0.2) is 71.6 Å². The van der Waals surface area contributed by atoms with Gasteiger partial charge in [0.2, 0.25) is 5.91 Å². The second-order valence-corrected chi connectivity index (χ2v) is 14.8. The first-order chi connectivity index (χ1) is 21.4. The van der Waals surface area contributed by atoms with Crippen molar-refractivity contribution in [2.75, 3.05) is 19.8 Å². The standard InChI is InChI=1S/C36H58N2O7/c1-6-10-31(38-34(43)45-19-18-44-17-7-2)37-32(42)12-9-8-11-23(3)26-13-14-27-33-28(22-30(41)36(26,27)5)35(4)16-15-25(39)20-24(35)21-29(33)40/h1,9,12,23-31,33,39-41H,7-8,10-11,13-22H2,2-5H3,(H,37,42)(H,38,43). The third-order valence-corrected chi connectivity index (χ3v) is 12.3. The first-order valence-corrected chi connectivity index (χ1v) is 17.4. The molecule has 0 aromatic rings. The molecule has 2 amide bonds. The Morgan fingerprint density at radius 2 is 1.82 bits per heavy atom. The summed E-state index contributed by atoms with van der Waals surface area (Å²) in [5.41, 5.74) is -0.177. The lowest BCUT2D eigenvalue weighted by molar-refractivity contribution is -0.207. The minimum Gasteiger partial charge on any atom is -0.447 e. The molecule has 0 radical (unpaired) electrons. The number of carbonyl (C=O) groups is 2. The first-order valence-electron chi connectivity index (χ1n) is 17.4. The number of hydrogen-bond acceptors (Lipinski definition) is 7. The number of amides is 2. The zero-order valence-corrected chi connectivity index (χ0v) is 27.9. The average Bonchev–Trinajstić information content (AvgIpc) is 3.35. The molecule has 5 N–H and O–H groups in total. The number of fused-ring (bicyclic) bond motifs is 5. The number of rotatable bonds is 13. The number of terminal acetylenes is 1. The lowest BCUT2D eigenvalue weighted by Gasteiger charge is -2.63. The molecule has 9 nitrogen and oxygen atoms in total. The van der Waals surface area contributed by atoms with E-state index in [1.54, 1.807) is 0 Å². The molecule has 0 heterocycles. The number of aliphatic hydroxyl groups excluding tert-OH is 3. The van der Waals surface area contributed by atoms with Crippen LogP contribution in [0.15, 0.2) is 12.2 Å². The van der Waals surface area contributed by atoms with Crippen molar-refractivity contribution in [1.29, 1.82) is 0 Å². The van der Waals surface area contributed by atoms with Gasteiger partial charge in [-0.2, -0.15) is 0 Å². The predicted molar refractivity (Wildman–Crippen MR) is 173 cm³/mol. The van der Waals surface area contributed by atoms with Crippen molar-refractivity contribution in [2.45, 2.75) is 123 Å². The van der Waals surface area contributed by atoms with Gasteiger partial charge in [0.25, 0.3) is 0 Å². The van der Waals surface area contributed by atoms with Gasteiger partial charge in [-0.25, -0.2) is 4.79 Å². The van der Waals surface area contributed by atoms with E-state index in [-0.39, 0.29) is 59.7 Å². The summed E-state index contributed by atoms with van der Waals surface area (Å²) in [5.74, 6) is 3.90. The SMILES string of the molecule is C#CCC(NC(=O)C=CCCC(C)C1CCC2C3C(O)CC4CC(O)CCC4(C)C3CC(O)C12C)NC(=O)OCCOCCC. The molecule has 12 unspecified atom stereocenters. The van der Waals surface area contributed by atoms with Gasteiger partial charge in [0.05, 0.1) is 24.9 Å². The van der Waals surface area contributed by atoms with Crippen LogP contribution in [0, 0.1) is 58.7 Å². The zero-order valence-electron chi connectivity index (χ0n) is 27.9. The van der Waals surface area contributed by atoms with Crippen molar-refractivity contribution in [2.24, 2.45) is 46.3 Å². The Bertz CT molecular complexity index is 1080. The normalized spacial score (nSPS) is 38.7. The molecular weight excluding hydrogens is 572 g/mol. The molecule has 4 aliphatic carbocycles. The maximum absolute atomic E-state index is 12.6. The summed E-state index contributed by atoms with van der Waals surface area (Å²) in [6, 6.07) is 0. The van der Waals surface area contributed by atoms with Gasteiger partial charge in [-0.15, -0.1) is 12.3 Å². The van der Waals surface area contributed by atoms with Gasteiger partial charge >= 0.3 is 6.09 Å². The molecule has 0 aliphatic heterocycles. The molecule has 254 valence electrons. The zero-order chi connectivity index (χ0) is 32.8. The van der Waals surface area contributed by atoms with Crippen LogP contribution in [0.1, 0.15) is 98.3 Å². The van der Waals surface area contributed by atoms with E-state index in [4.69, 9.17) is 15.9 Å². The van der Waals surface area contributed by atoms with Crippen molar-refractivity contribution in [3.8, 4) is 12.3 Å². The summed E-state index contributed by atoms with van der Waals surface area (Å²) >= 11 is 0. The van der Waals surface area contributed by atoms with E-state index < -0.39 is 18.4 Å². The second kappa shape index (κ2) is 15.6. The fraction of sp³-hybridized carbons (Fsp3) is 0.833. The second-order valence-electron chi connectivity index (χ2n) is 14.8. The molecule has 0 aromatic carbocycles. The summed E-state index contributed by atoms with van der Waals surface area (Å²) in [4.78, 5) is 24.7. The van der Waals surface area contributed by atoms with Crippen LogP contribution in [0.2, 0.25) is 0 Å². The molecule has 0 aromatic heterocycles. The number of aliphatic hydroxyl groups is 3. The summed E-state index contributed by atoms with van der Waals surface area (Å²) < 4.78 is 10.4. The maximum atomic E-state index is 12.6. The molecule has 9 heteroatoms. The Balaban J connectivity index is 1.28. The van der Waals surface area contributed by atoms with Gasteiger partial charge in [-0.3, -0.25) is 4.79 Å². The summed E-state index contributed by atoms with van der Waals surface area (Å²) in [6.45, 7) is 9.91. The van der Waals surface area contributed by atoms with Crippen molar-refractivity contribution < 1.29 is 34.4 Å². The van der Waals surface area contributed by atoms with E-state index in [1.165, 1.54) is 6.08 Å². The van der Waals surface area contributed by atoms with Crippen LogP contribution >= 0.6 is 0 Å². The number of ether oxygens (including phenoxy) is 2. The fourth-order valence-corrected chi connectivity index (χ4v) is 9.98. The summed E-state index contributed by atoms with van der Waals surface area (Å²) in [5, 5.41) is 39.0. The monoisotopic (exact) mass is 630 g/mol. The van der Waals surface area contributed by atoms with E-state index in [1.807, 2.05) is 13.0 Å². The van der Waals surface area contributed by atoms with Crippen LogP contribution in [0.3, 0.4) is 0 Å². The van der Waals surface area contributed by atoms with E-state index in [0.29, 0.717) is 37.4 Å². The summed E-state index contributed by atoms with van der Waals surface area (Å²) in [6.07, 6.45) is 15.0. The molecule has 4 aliphatic rings. The third kappa shape index (κ3) is 7.89. The average molecular weight is 631 g/mol. The van der Waals surface area contributed by atoms with Gasteiger partial charge in [0.1, 0.15) is 12.8 Å². The van der Waals surface area contributed by atoms with Crippen LogP contribution in [0.25, 0.3) is 0 Å². The number of carbonyl (C=O) groups excluding carboxylic acids is 2. The number of allylic oxidation sites excluding steroid dienone is 1. The molecule has 4 rings (SSSR count). The largest absolute Gasteiger partial charge is 0.447 e. The maximum Gasteiger partial charge on any atom is 0.408 e. The van der Waals surface area contributed by atoms with Gasteiger partial charge in [0.15, 0.2) is 0 Å². The quantitative estimate of drug-likeness (QED) is 0.0872. The first kappa shape index (κ1) is 35.7. The fourth-order valence-electron chi connectivity index (χ4n) is 9.98. The van der Waals surface area contributed by atoms with Crippen molar-refractivity contribution in [3.63, 3.8) is 0 Å². The Morgan fingerprint density at radius 1 is 1.04 bits per heavy atom. The third-order valence-electron chi connectivity index (χ3n) is 12.3. The highest BCUT2D eigenvalue weighted by Crippen LogP contribution is 2.68. The Labute approximate surface area is 270 Å². The van der Waals surface area contributed by atoms with E-state index in [0.717, 1.165) is 57.8 Å². The lowest BCUT2D eigenvalue weighted by Crippen LogP contribution is -2.62. The van der Waals surface area contributed by atoms with Gasteiger partial charge in [0, 0.05) is 13.0 Å².